The molecule has 0 aromatic heterocycles. The van der Waals surface area contributed by atoms with Crippen molar-refractivity contribution in [2.24, 2.45) is 11.8 Å². The molecule has 0 saturated heterocycles. The lowest BCUT2D eigenvalue weighted by atomic mass is 9.80. The van der Waals surface area contributed by atoms with Gasteiger partial charge in [0.05, 0.1) is 7.11 Å². The average molecular weight is 242 g/mol. The van der Waals surface area contributed by atoms with Gasteiger partial charge in [0.15, 0.2) is 11.5 Å². The molecule has 2 fully saturated rings. The van der Waals surface area contributed by atoms with Crippen molar-refractivity contribution < 1.29 is 9.47 Å². The highest BCUT2D eigenvalue weighted by Crippen LogP contribution is 2.62. The van der Waals surface area contributed by atoms with E-state index < -0.39 is 0 Å². The molecular weight excluding hydrogens is 224 g/mol. The van der Waals surface area contributed by atoms with Gasteiger partial charge in [0.2, 0.25) is 0 Å². The molecule has 4 unspecified atom stereocenters. The van der Waals surface area contributed by atoms with Gasteiger partial charge in [0, 0.05) is 17.4 Å². The Morgan fingerprint density at radius 3 is 3.06 bits per heavy atom. The number of allylic oxidation sites excluding steroid dienone is 2. The lowest BCUT2D eigenvalue weighted by molar-refractivity contribution is 0.156. The number of ether oxygens (including phenoxy) is 2. The van der Waals surface area contributed by atoms with Gasteiger partial charge in [-0.1, -0.05) is 23.8 Å². The van der Waals surface area contributed by atoms with Crippen LogP contribution in [0.4, 0.5) is 0 Å². The van der Waals surface area contributed by atoms with E-state index in [9.17, 15) is 0 Å². The number of hydrogen-bond donors (Lipinski definition) is 0. The van der Waals surface area contributed by atoms with Crippen LogP contribution in [0.1, 0.15) is 31.2 Å². The summed E-state index contributed by atoms with van der Waals surface area (Å²) in [6, 6.07) is 6.31. The number of para-hydroxylation sites is 1. The van der Waals surface area contributed by atoms with Crippen molar-refractivity contribution in [2.75, 3.05) is 7.11 Å². The fourth-order valence-corrected chi connectivity index (χ4v) is 4.28. The third-order valence-corrected chi connectivity index (χ3v) is 5.00. The molecule has 94 valence electrons. The third-order valence-electron chi connectivity index (χ3n) is 5.00. The summed E-state index contributed by atoms with van der Waals surface area (Å²) in [5.74, 6) is 3.88. The molecule has 0 spiro atoms. The quantitative estimate of drug-likeness (QED) is 0.701. The minimum atomic E-state index is 0.394. The first kappa shape index (κ1) is 10.5. The van der Waals surface area contributed by atoms with Gasteiger partial charge in [0.1, 0.15) is 6.10 Å². The van der Waals surface area contributed by atoms with Crippen LogP contribution in [0.25, 0.3) is 0 Å². The Hall–Kier alpha value is -1.44. The standard InChI is InChI=1S/C16H18O2/c1-3-9-7-10-8-12(9)14-11-5-4-6-13(17-2)16(11)18-15(10)14/h3-6,10,12,14-15H,7-8H2,1-2H3/b9-3-. The first-order valence-electron chi connectivity index (χ1n) is 6.82. The van der Waals surface area contributed by atoms with Crippen LogP contribution in [0, 0.1) is 11.8 Å². The largest absolute Gasteiger partial charge is 0.493 e. The first-order valence-corrected chi connectivity index (χ1v) is 6.82. The zero-order valence-corrected chi connectivity index (χ0v) is 10.8. The molecule has 1 heterocycles. The van der Waals surface area contributed by atoms with Crippen LogP contribution in [0.5, 0.6) is 11.5 Å². The van der Waals surface area contributed by atoms with Crippen LogP contribution < -0.4 is 9.47 Å². The van der Waals surface area contributed by atoms with Crippen LogP contribution in [-0.2, 0) is 0 Å². The highest BCUT2D eigenvalue weighted by atomic mass is 16.5. The molecule has 0 radical (unpaired) electrons. The van der Waals surface area contributed by atoms with Crippen LogP contribution in [0.2, 0.25) is 0 Å². The van der Waals surface area contributed by atoms with E-state index in [4.69, 9.17) is 9.47 Å². The topological polar surface area (TPSA) is 18.5 Å². The maximum absolute atomic E-state index is 6.23. The van der Waals surface area contributed by atoms with Crippen LogP contribution >= 0.6 is 0 Å². The van der Waals surface area contributed by atoms with E-state index in [1.807, 2.05) is 6.07 Å². The second kappa shape index (κ2) is 3.53. The Morgan fingerprint density at radius 2 is 2.28 bits per heavy atom. The zero-order valence-electron chi connectivity index (χ0n) is 10.8. The molecule has 1 aromatic carbocycles. The predicted molar refractivity (Wildman–Crippen MR) is 70.1 cm³/mol. The molecule has 2 bridgehead atoms. The van der Waals surface area contributed by atoms with Crippen molar-refractivity contribution in [3.05, 3.63) is 35.4 Å². The molecule has 0 amide bonds. The molecule has 0 N–H and O–H groups in total. The van der Waals surface area contributed by atoms with Crippen LogP contribution in [0.15, 0.2) is 29.8 Å². The monoisotopic (exact) mass is 242 g/mol. The number of methoxy groups -OCH3 is 1. The molecule has 4 atom stereocenters. The second-order valence-electron chi connectivity index (χ2n) is 5.66. The van der Waals surface area contributed by atoms with Gasteiger partial charge in [-0.25, -0.2) is 0 Å². The number of hydrogen-bond acceptors (Lipinski definition) is 2. The lowest BCUT2D eigenvalue weighted by Crippen LogP contribution is -2.26. The highest BCUT2D eigenvalue weighted by molar-refractivity contribution is 5.54. The predicted octanol–water partition coefficient (Wildman–Crippen LogP) is 3.53. The minimum absolute atomic E-state index is 0.394. The SMILES string of the molecule is C/C=C1/CC2CC1C1c3cccc(OC)c3OC21. The van der Waals surface area contributed by atoms with Gasteiger partial charge in [-0.3, -0.25) is 0 Å². The van der Waals surface area contributed by atoms with Gasteiger partial charge in [-0.2, -0.15) is 0 Å². The van der Waals surface area contributed by atoms with Gasteiger partial charge in [0.25, 0.3) is 0 Å². The van der Waals surface area contributed by atoms with Crippen molar-refractivity contribution >= 4 is 0 Å². The van der Waals surface area contributed by atoms with Crippen molar-refractivity contribution in [3.63, 3.8) is 0 Å². The van der Waals surface area contributed by atoms with E-state index in [2.05, 4.69) is 25.1 Å². The Bertz CT molecular complexity index is 532. The average Bonchev–Trinajstić information content (AvgIpc) is 3.06. The summed E-state index contributed by atoms with van der Waals surface area (Å²) in [5.41, 5.74) is 3.01. The van der Waals surface area contributed by atoms with E-state index in [0.29, 0.717) is 23.9 Å². The van der Waals surface area contributed by atoms with E-state index in [-0.39, 0.29) is 0 Å². The van der Waals surface area contributed by atoms with E-state index in [0.717, 1.165) is 11.5 Å². The first-order chi connectivity index (χ1) is 8.83. The van der Waals surface area contributed by atoms with Crippen molar-refractivity contribution in [1.82, 2.24) is 0 Å². The smallest absolute Gasteiger partial charge is 0.165 e. The van der Waals surface area contributed by atoms with Crippen LogP contribution in [0.3, 0.4) is 0 Å². The second-order valence-corrected chi connectivity index (χ2v) is 5.66. The van der Waals surface area contributed by atoms with Gasteiger partial charge in [-0.15, -0.1) is 0 Å². The normalized spacial score (nSPS) is 37.6. The Kier molecular flexibility index (Phi) is 2.06. The van der Waals surface area contributed by atoms with E-state index in [1.165, 1.54) is 18.4 Å². The fraction of sp³-hybridized carbons (Fsp3) is 0.500. The van der Waals surface area contributed by atoms with Gasteiger partial charge >= 0.3 is 0 Å². The molecule has 4 rings (SSSR count). The molecule has 1 aromatic rings. The fourth-order valence-electron chi connectivity index (χ4n) is 4.28. The number of benzene rings is 1. The van der Waals surface area contributed by atoms with Crippen molar-refractivity contribution in [2.45, 2.75) is 31.8 Å². The van der Waals surface area contributed by atoms with Crippen molar-refractivity contribution in [3.8, 4) is 11.5 Å². The zero-order chi connectivity index (χ0) is 12.3. The van der Waals surface area contributed by atoms with Gasteiger partial charge < -0.3 is 9.47 Å². The summed E-state index contributed by atoms with van der Waals surface area (Å²) in [7, 11) is 1.72. The molecule has 2 aliphatic carbocycles. The van der Waals surface area contributed by atoms with Crippen LogP contribution in [-0.4, -0.2) is 13.2 Å². The maximum atomic E-state index is 6.23. The maximum Gasteiger partial charge on any atom is 0.165 e. The Labute approximate surface area is 108 Å². The molecule has 2 nitrogen and oxygen atoms in total. The summed E-state index contributed by atoms with van der Waals surface area (Å²) in [5, 5.41) is 0. The lowest BCUT2D eigenvalue weighted by Gasteiger charge is -2.25. The number of fused-ring (bicyclic) bond motifs is 7. The number of rotatable bonds is 1. The highest BCUT2D eigenvalue weighted by Gasteiger charge is 2.55. The summed E-state index contributed by atoms with van der Waals surface area (Å²) < 4.78 is 11.7. The summed E-state index contributed by atoms with van der Waals surface area (Å²) >= 11 is 0. The molecule has 3 aliphatic rings. The third kappa shape index (κ3) is 1.14. The molecular formula is C16H18O2. The summed E-state index contributed by atoms with van der Waals surface area (Å²) in [6.07, 6.45) is 5.26. The Balaban J connectivity index is 1.82. The van der Waals surface area contributed by atoms with Gasteiger partial charge in [-0.05, 0) is 31.7 Å². The Morgan fingerprint density at radius 1 is 1.39 bits per heavy atom. The minimum Gasteiger partial charge on any atom is -0.493 e. The summed E-state index contributed by atoms with van der Waals surface area (Å²) in [6.45, 7) is 2.17. The summed E-state index contributed by atoms with van der Waals surface area (Å²) in [4.78, 5) is 0. The molecule has 1 aliphatic heterocycles. The molecule has 18 heavy (non-hydrogen) atoms. The molecule has 2 heteroatoms. The van der Waals surface area contributed by atoms with E-state index in [1.54, 1.807) is 12.7 Å². The molecule has 2 saturated carbocycles. The van der Waals surface area contributed by atoms with Crippen molar-refractivity contribution in [1.29, 1.82) is 0 Å². The van der Waals surface area contributed by atoms with E-state index >= 15 is 0 Å².